The molecule has 3 rings (SSSR count). The van der Waals surface area contributed by atoms with E-state index in [0.717, 1.165) is 40.5 Å². The zero-order valence-corrected chi connectivity index (χ0v) is 12.2. The zero-order chi connectivity index (χ0) is 12.4. The maximum Gasteiger partial charge on any atom is 0.143 e. The molecule has 0 N–H and O–H groups in total. The molecule has 0 bridgehead atoms. The summed E-state index contributed by atoms with van der Waals surface area (Å²) < 4.78 is 6.51. The number of rotatable bonds is 2. The highest BCUT2D eigenvalue weighted by atomic mass is 79.9. The van der Waals surface area contributed by atoms with Gasteiger partial charge in [0, 0.05) is 28.6 Å². The summed E-state index contributed by atoms with van der Waals surface area (Å²) in [6, 6.07) is 3.91. The van der Waals surface area contributed by atoms with Gasteiger partial charge in [-0.25, -0.2) is 4.98 Å². The molecule has 0 amide bonds. The van der Waals surface area contributed by atoms with Gasteiger partial charge in [-0.05, 0) is 40.9 Å². The van der Waals surface area contributed by atoms with Crippen molar-refractivity contribution in [2.45, 2.75) is 18.8 Å². The Morgan fingerprint density at radius 3 is 3.17 bits per heavy atom. The largest absolute Gasteiger partial charge is 0.381 e. The predicted molar refractivity (Wildman–Crippen MR) is 75.8 cm³/mol. The highest BCUT2D eigenvalue weighted by Crippen LogP contribution is 2.32. The van der Waals surface area contributed by atoms with E-state index in [1.807, 2.05) is 12.1 Å². The van der Waals surface area contributed by atoms with Crippen LogP contribution in [0.25, 0.3) is 10.7 Å². The average Bonchev–Trinajstić information content (AvgIpc) is 2.90. The second-order valence-corrected chi connectivity index (χ2v) is 6.04. The molecule has 2 aromatic rings. The van der Waals surface area contributed by atoms with Gasteiger partial charge >= 0.3 is 0 Å². The molecule has 5 heteroatoms. The minimum Gasteiger partial charge on any atom is -0.381 e. The molecule has 1 fully saturated rings. The number of hydrogen-bond acceptors (Lipinski definition) is 4. The summed E-state index contributed by atoms with van der Waals surface area (Å²) in [7, 11) is 0. The van der Waals surface area contributed by atoms with Gasteiger partial charge in [0.1, 0.15) is 10.7 Å². The molecule has 94 valence electrons. The van der Waals surface area contributed by atoms with Gasteiger partial charge in [-0.3, -0.25) is 4.98 Å². The molecular formula is C13H13BrN2OS. The lowest BCUT2D eigenvalue weighted by Crippen LogP contribution is -2.15. The summed E-state index contributed by atoms with van der Waals surface area (Å²) in [6.07, 6.45) is 4.10. The molecule has 1 aliphatic heterocycles. The second-order valence-electron chi connectivity index (χ2n) is 4.33. The Hall–Kier alpha value is -0.780. The van der Waals surface area contributed by atoms with Crippen LogP contribution in [0.3, 0.4) is 0 Å². The van der Waals surface area contributed by atoms with E-state index in [0.29, 0.717) is 5.92 Å². The molecule has 1 saturated heterocycles. The highest BCUT2D eigenvalue weighted by molar-refractivity contribution is 9.10. The summed E-state index contributed by atoms with van der Waals surface area (Å²) in [5, 5.41) is 3.11. The maximum absolute atomic E-state index is 5.51. The fourth-order valence-electron chi connectivity index (χ4n) is 2.10. The first-order valence-corrected chi connectivity index (χ1v) is 7.66. The van der Waals surface area contributed by atoms with Crippen LogP contribution >= 0.6 is 27.3 Å². The lowest BCUT2D eigenvalue weighted by molar-refractivity contribution is 0.0795. The van der Waals surface area contributed by atoms with E-state index in [2.05, 4.69) is 26.3 Å². The van der Waals surface area contributed by atoms with Crippen LogP contribution in [0, 0.1) is 0 Å². The summed E-state index contributed by atoms with van der Waals surface area (Å²) in [6.45, 7) is 1.69. The van der Waals surface area contributed by atoms with Crippen molar-refractivity contribution in [2.75, 3.05) is 13.2 Å². The van der Waals surface area contributed by atoms with Crippen LogP contribution in [-0.4, -0.2) is 23.2 Å². The van der Waals surface area contributed by atoms with Gasteiger partial charge in [0.2, 0.25) is 0 Å². The van der Waals surface area contributed by atoms with Crippen LogP contribution < -0.4 is 0 Å². The highest BCUT2D eigenvalue weighted by Gasteiger charge is 2.19. The smallest absolute Gasteiger partial charge is 0.143 e. The van der Waals surface area contributed by atoms with Gasteiger partial charge in [0.25, 0.3) is 0 Å². The lowest BCUT2D eigenvalue weighted by atomic mass is 10.00. The molecule has 1 aliphatic rings. The van der Waals surface area contributed by atoms with E-state index in [1.165, 1.54) is 6.42 Å². The normalized spacial score (nSPS) is 19.9. The first kappa shape index (κ1) is 12.3. The Kier molecular flexibility index (Phi) is 3.72. The van der Waals surface area contributed by atoms with E-state index in [4.69, 9.17) is 9.72 Å². The first-order chi connectivity index (χ1) is 8.84. The number of nitrogens with zero attached hydrogens (tertiary/aromatic N) is 2. The standard InChI is InChI=1S/C13H13BrN2OS/c14-10-4-1-5-15-12(10)13-16-11(8-18-13)9-3-2-6-17-7-9/h1,4-5,8-9H,2-3,6-7H2. The molecule has 0 aliphatic carbocycles. The minimum atomic E-state index is 0.450. The van der Waals surface area contributed by atoms with E-state index in [1.54, 1.807) is 17.5 Å². The van der Waals surface area contributed by atoms with Gasteiger partial charge in [0.05, 0.1) is 12.3 Å². The Morgan fingerprint density at radius 1 is 1.44 bits per heavy atom. The SMILES string of the molecule is Brc1cccnc1-c1nc(C2CCCOC2)cs1. The molecule has 0 radical (unpaired) electrons. The van der Waals surface area contributed by atoms with Gasteiger partial charge in [0.15, 0.2) is 0 Å². The first-order valence-electron chi connectivity index (χ1n) is 5.98. The van der Waals surface area contributed by atoms with Crippen molar-refractivity contribution in [2.24, 2.45) is 0 Å². The quantitative estimate of drug-likeness (QED) is 0.841. The topological polar surface area (TPSA) is 35.0 Å². The Labute approximate surface area is 118 Å². The third-order valence-corrected chi connectivity index (χ3v) is 4.57. The van der Waals surface area contributed by atoms with Gasteiger partial charge < -0.3 is 4.74 Å². The maximum atomic E-state index is 5.51. The summed E-state index contributed by atoms with van der Waals surface area (Å²) in [4.78, 5) is 9.09. The number of ether oxygens (including phenoxy) is 1. The fourth-order valence-corrected chi connectivity index (χ4v) is 3.58. The van der Waals surface area contributed by atoms with Crippen molar-refractivity contribution < 1.29 is 4.74 Å². The van der Waals surface area contributed by atoms with Crippen molar-refractivity contribution in [1.29, 1.82) is 0 Å². The van der Waals surface area contributed by atoms with Crippen molar-refractivity contribution in [3.05, 3.63) is 33.9 Å². The predicted octanol–water partition coefficient (Wildman–Crippen LogP) is 3.86. The molecule has 3 nitrogen and oxygen atoms in total. The molecule has 0 aromatic carbocycles. The van der Waals surface area contributed by atoms with Gasteiger partial charge in [-0.15, -0.1) is 11.3 Å². The van der Waals surface area contributed by atoms with Crippen LogP contribution in [0.15, 0.2) is 28.2 Å². The third kappa shape index (κ3) is 2.48. The number of thiazole rings is 1. The number of halogens is 1. The van der Waals surface area contributed by atoms with E-state index in [-0.39, 0.29) is 0 Å². The molecule has 18 heavy (non-hydrogen) atoms. The zero-order valence-electron chi connectivity index (χ0n) is 9.80. The van der Waals surface area contributed by atoms with E-state index in [9.17, 15) is 0 Å². The van der Waals surface area contributed by atoms with Crippen LogP contribution in [0.5, 0.6) is 0 Å². The minimum absolute atomic E-state index is 0.450. The van der Waals surface area contributed by atoms with Crippen molar-refractivity contribution in [3.63, 3.8) is 0 Å². The van der Waals surface area contributed by atoms with Crippen LogP contribution in [0.2, 0.25) is 0 Å². The van der Waals surface area contributed by atoms with Crippen LogP contribution in [0.1, 0.15) is 24.5 Å². The van der Waals surface area contributed by atoms with Crippen LogP contribution in [0.4, 0.5) is 0 Å². The molecule has 1 atom stereocenters. The average molecular weight is 325 g/mol. The number of hydrogen-bond donors (Lipinski definition) is 0. The molecule has 3 heterocycles. The van der Waals surface area contributed by atoms with Crippen LogP contribution in [-0.2, 0) is 4.74 Å². The monoisotopic (exact) mass is 324 g/mol. The molecular weight excluding hydrogens is 312 g/mol. The van der Waals surface area contributed by atoms with E-state index < -0.39 is 0 Å². The van der Waals surface area contributed by atoms with Crippen molar-refractivity contribution >= 4 is 27.3 Å². The number of pyridine rings is 1. The Bertz CT molecular complexity index is 537. The number of aromatic nitrogens is 2. The molecule has 0 spiro atoms. The van der Waals surface area contributed by atoms with Crippen molar-refractivity contribution in [1.82, 2.24) is 9.97 Å². The molecule has 1 unspecified atom stereocenters. The fraction of sp³-hybridized carbons (Fsp3) is 0.385. The lowest BCUT2D eigenvalue weighted by Gasteiger charge is -2.20. The summed E-state index contributed by atoms with van der Waals surface area (Å²) in [5.41, 5.74) is 2.07. The van der Waals surface area contributed by atoms with Gasteiger partial charge in [-0.2, -0.15) is 0 Å². The Balaban J connectivity index is 1.87. The molecule has 2 aromatic heterocycles. The van der Waals surface area contributed by atoms with Crippen molar-refractivity contribution in [3.8, 4) is 10.7 Å². The van der Waals surface area contributed by atoms with E-state index >= 15 is 0 Å². The third-order valence-electron chi connectivity index (χ3n) is 3.06. The Morgan fingerprint density at radius 2 is 2.39 bits per heavy atom. The summed E-state index contributed by atoms with van der Waals surface area (Å²) in [5.74, 6) is 0.450. The van der Waals surface area contributed by atoms with Gasteiger partial charge in [-0.1, -0.05) is 0 Å². The molecule has 0 saturated carbocycles. The summed E-state index contributed by atoms with van der Waals surface area (Å²) >= 11 is 5.17. The second kappa shape index (κ2) is 5.47.